The number of aryl methyl sites for hydroxylation is 2. The number of carbonyl (C=O) groups is 1. The zero-order valence-corrected chi connectivity index (χ0v) is 19.4. The number of fused-ring (bicyclic) bond motifs is 1. The summed E-state index contributed by atoms with van der Waals surface area (Å²) in [5.41, 5.74) is 3.41. The molecule has 32 heavy (non-hydrogen) atoms. The molecule has 1 N–H and O–H groups in total. The smallest absolute Gasteiger partial charge is 0.265 e. The number of hydrogen-bond acceptors (Lipinski definition) is 4. The first kappa shape index (κ1) is 22.0. The van der Waals surface area contributed by atoms with Gasteiger partial charge in [-0.15, -0.1) is 11.3 Å². The van der Waals surface area contributed by atoms with Crippen LogP contribution in [0.5, 0.6) is 0 Å². The van der Waals surface area contributed by atoms with Crippen molar-refractivity contribution >= 4 is 48.7 Å². The first-order chi connectivity index (χ1) is 15.1. The number of hydrogen-bond donors (Lipinski definition) is 1. The van der Waals surface area contributed by atoms with E-state index in [-0.39, 0.29) is 10.8 Å². The summed E-state index contributed by atoms with van der Waals surface area (Å²) in [6.45, 7) is 4.00. The molecule has 5 nitrogen and oxygen atoms in total. The molecule has 0 fully saturated rings. The third kappa shape index (κ3) is 4.24. The van der Waals surface area contributed by atoms with Crippen molar-refractivity contribution in [2.45, 2.75) is 18.7 Å². The van der Waals surface area contributed by atoms with E-state index in [2.05, 4.69) is 5.32 Å². The quantitative estimate of drug-likeness (QED) is 0.406. The van der Waals surface area contributed by atoms with E-state index in [9.17, 15) is 17.6 Å². The minimum atomic E-state index is -3.84. The number of rotatable bonds is 5. The van der Waals surface area contributed by atoms with Gasteiger partial charge in [-0.3, -0.25) is 9.10 Å². The summed E-state index contributed by atoms with van der Waals surface area (Å²) in [4.78, 5) is 13.3. The average Bonchev–Trinajstić information content (AvgIpc) is 3.19. The standard InChI is InChI=1S/C24H21FN2O3S2/c1-15-4-7-19(12-16(15)2)26-24(28)23-14-17-13-20(8-11-22(17)31-23)27(3)32(29,30)21-9-5-18(25)6-10-21/h4-14H,1-3H3,(H,26,28). The first-order valence-corrected chi connectivity index (χ1v) is 12.1. The fourth-order valence-corrected chi connectivity index (χ4v) is 5.38. The van der Waals surface area contributed by atoms with Crippen LogP contribution in [0.1, 0.15) is 20.8 Å². The molecule has 0 aliphatic heterocycles. The van der Waals surface area contributed by atoms with E-state index >= 15 is 0 Å². The Morgan fingerprint density at radius 1 is 0.938 bits per heavy atom. The predicted octanol–water partition coefficient (Wildman–Crippen LogP) is 5.73. The fourth-order valence-electron chi connectivity index (χ4n) is 3.25. The number of nitrogens with zero attached hydrogens (tertiary/aromatic N) is 1. The van der Waals surface area contributed by atoms with Crippen molar-refractivity contribution in [2.24, 2.45) is 0 Å². The maximum absolute atomic E-state index is 13.2. The summed E-state index contributed by atoms with van der Waals surface area (Å²) in [5, 5.41) is 3.67. The van der Waals surface area contributed by atoms with Gasteiger partial charge in [0.1, 0.15) is 5.82 Å². The zero-order chi connectivity index (χ0) is 23.0. The molecule has 0 unspecified atom stereocenters. The number of halogens is 1. The monoisotopic (exact) mass is 468 g/mol. The first-order valence-electron chi connectivity index (χ1n) is 9.82. The van der Waals surface area contributed by atoms with Crippen LogP contribution in [0.3, 0.4) is 0 Å². The molecule has 1 aromatic heterocycles. The van der Waals surface area contributed by atoms with E-state index in [4.69, 9.17) is 0 Å². The largest absolute Gasteiger partial charge is 0.321 e. The van der Waals surface area contributed by atoms with Crippen LogP contribution in [0, 0.1) is 19.7 Å². The van der Waals surface area contributed by atoms with Gasteiger partial charge in [-0.2, -0.15) is 0 Å². The number of sulfonamides is 1. The molecular formula is C24H21FN2O3S2. The van der Waals surface area contributed by atoms with E-state index in [1.54, 1.807) is 24.3 Å². The maximum atomic E-state index is 13.2. The molecule has 1 amide bonds. The molecule has 1 heterocycles. The van der Waals surface area contributed by atoms with E-state index in [0.717, 1.165) is 43.3 Å². The molecular weight excluding hydrogens is 447 g/mol. The molecule has 0 bridgehead atoms. The lowest BCUT2D eigenvalue weighted by Gasteiger charge is -2.19. The van der Waals surface area contributed by atoms with Gasteiger partial charge in [-0.25, -0.2) is 12.8 Å². The Hall–Kier alpha value is -3.23. The molecule has 0 saturated heterocycles. The number of anilines is 2. The Bertz CT molecular complexity index is 1430. The van der Waals surface area contributed by atoms with E-state index in [0.29, 0.717) is 10.6 Å². The normalized spacial score (nSPS) is 11.5. The van der Waals surface area contributed by atoms with Gasteiger partial charge in [0.15, 0.2) is 0 Å². The van der Waals surface area contributed by atoms with E-state index in [1.807, 2.05) is 32.0 Å². The number of amides is 1. The Morgan fingerprint density at radius 2 is 1.66 bits per heavy atom. The lowest BCUT2D eigenvalue weighted by molar-refractivity contribution is 0.103. The van der Waals surface area contributed by atoms with Crippen molar-refractivity contribution < 1.29 is 17.6 Å². The van der Waals surface area contributed by atoms with Crippen LogP contribution >= 0.6 is 11.3 Å². The third-order valence-corrected chi connectivity index (χ3v) is 8.24. The van der Waals surface area contributed by atoms with Gasteiger partial charge in [0, 0.05) is 17.4 Å². The van der Waals surface area contributed by atoms with Crippen LogP contribution in [0.25, 0.3) is 10.1 Å². The minimum absolute atomic E-state index is 0.000253. The SMILES string of the molecule is Cc1ccc(NC(=O)c2cc3cc(N(C)S(=O)(=O)c4ccc(F)cc4)ccc3s2)cc1C. The summed E-state index contributed by atoms with van der Waals surface area (Å²) in [7, 11) is -2.40. The number of thiophene rings is 1. The molecule has 0 spiro atoms. The highest BCUT2D eigenvalue weighted by atomic mass is 32.2. The predicted molar refractivity (Wildman–Crippen MR) is 128 cm³/mol. The number of carbonyl (C=O) groups excluding carboxylic acids is 1. The van der Waals surface area contributed by atoms with Crippen LogP contribution < -0.4 is 9.62 Å². The highest BCUT2D eigenvalue weighted by Crippen LogP contribution is 2.31. The van der Waals surface area contributed by atoms with Crippen molar-refractivity contribution in [3.63, 3.8) is 0 Å². The van der Waals surface area contributed by atoms with Crippen molar-refractivity contribution in [1.29, 1.82) is 0 Å². The summed E-state index contributed by atoms with van der Waals surface area (Å²) < 4.78 is 41.0. The lowest BCUT2D eigenvalue weighted by Crippen LogP contribution is -2.26. The van der Waals surface area contributed by atoms with E-state index in [1.165, 1.54) is 30.5 Å². The second kappa shape index (κ2) is 8.37. The average molecular weight is 469 g/mol. The van der Waals surface area contributed by atoms with Gasteiger partial charge in [0.2, 0.25) is 0 Å². The van der Waals surface area contributed by atoms with Crippen LogP contribution in [0.2, 0.25) is 0 Å². The lowest BCUT2D eigenvalue weighted by atomic mass is 10.1. The molecule has 8 heteroatoms. The summed E-state index contributed by atoms with van der Waals surface area (Å²) in [6.07, 6.45) is 0. The highest BCUT2D eigenvalue weighted by Gasteiger charge is 2.22. The van der Waals surface area contributed by atoms with Crippen molar-refractivity contribution in [2.75, 3.05) is 16.7 Å². The molecule has 0 atom stereocenters. The molecule has 3 aromatic carbocycles. The highest BCUT2D eigenvalue weighted by molar-refractivity contribution is 7.92. The molecule has 0 radical (unpaired) electrons. The van der Waals surface area contributed by atoms with Gasteiger partial charge in [-0.1, -0.05) is 6.07 Å². The fraction of sp³-hybridized carbons (Fsp3) is 0.125. The molecule has 0 saturated carbocycles. The van der Waals surface area contributed by atoms with E-state index < -0.39 is 15.8 Å². The summed E-state index contributed by atoms with van der Waals surface area (Å²) >= 11 is 1.34. The topological polar surface area (TPSA) is 66.5 Å². The third-order valence-electron chi connectivity index (χ3n) is 5.32. The number of benzene rings is 3. The summed E-state index contributed by atoms with van der Waals surface area (Å²) in [6, 6.07) is 17.4. The van der Waals surface area contributed by atoms with Gasteiger partial charge in [-0.05, 0) is 91.0 Å². The van der Waals surface area contributed by atoms with Crippen LogP contribution in [0.15, 0.2) is 71.6 Å². The van der Waals surface area contributed by atoms with Crippen LogP contribution in [0.4, 0.5) is 15.8 Å². The van der Waals surface area contributed by atoms with Gasteiger partial charge < -0.3 is 5.32 Å². The Morgan fingerprint density at radius 3 is 2.34 bits per heavy atom. The Balaban J connectivity index is 1.60. The zero-order valence-electron chi connectivity index (χ0n) is 17.7. The Kier molecular flexibility index (Phi) is 5.75. The molecule has 0 aliphatic rings. The van der Waals surface area contributed by atoms with Crippen LogP contribution in [-0.4, -0.2) is 21.4 Å². The molecule has 4 aromatic rings. The second-order valence-corrected chi connectivity index (χ2v) is 10.6. The van der Waals surface area contributed by atoms with Gasteiger partial charge in [0.25, 0.3) is 15.9 Å². The van der Waals surface area contributed by atoms with Gasteiger partial charge >= 0.3 is 0 Å². The maximum Gasteiger partial charge on any atom is 0.265 e. The summed E-state index contributed by atoms with van der Waals surface area (Å²) in [5.74, 6) is -0.721. The van der Waals surface area contributed by atoms with Crippen molar-refractivity contribution in [3.8, 4) is 0 Å². The van der Waals surface area contributed by atoms with Crippen molar-refractivity contribution in [3.05, 3.63) is 88.6 Å². The minimum Gasteiger partial charge on any atom is -0.321 e. The molecule has 0 aliphatic carbocycles. The molecule has 164 valence electrons. The second-order valence-electron chi connectivity index (χ2n) is 7.51. The number of nitrogens with one attached hydrogen (secondary N) is 1. The van der Waals surface area contributed by atoms with Crippen LogP contribution in [-0.2, 0) is 10.0 Å². The van der Waals surface area contributed by atoms with Crippen molar-refractivity contribution in [1.82, 2.24) is 0 Å². The Labute approximate surface area is 190 Å². The van der Waals surface area contributed by atoms with Gasteiger partial charge in [0.05, 0.1) is 15.5 Å². The molecule has 4 rings (SSSR count).